The minimum Gasteiger partial charge on any atom is -0.444 e. The number of anilines is 1. The van der Waals surface area contributed by atoms with E-state index in [1.54, 1.807) is 50.7 Å². The summed E-state index contributed by atoms with van der Waals surface area (Å²) in [5.74, 6) is 0.139. The molecule has 0 bridgehead atoms. The lowest BCUT2D eigenvalue weighted by Gasteiger charge is -2.25. The molecular formula is C26H39ClN4O6S. The number of hydrogen-bond acceptors (Lipinski definition) is 8. The molecule has 0 radical (unpaired) electrons. The second-order valence-corrected chi connectivity index (χ2v) is 11.3. The van der Waals surface area contributed by atoms with Crippen LogP contribution in [0.15, 0.2) is 33.5 Å². The van der Waals surface area contributed by atoms with Gasteiger partial charge in [-0.05, 0) is 69.2 Å². The Bertz CT molecular complexity index is 1150. The Morgan fingerprint density at radius 3 is 2.32 bits per heavy atom. The zero-order chi connectivity index (χ0) is 29.0. The van der Waals surface area contributed by atoms with Crippen LogP contribution in [0.4, 0.5) is 10.5 Å². The molecule has 10 nitrogen and oxygen atoms in total. The number of fused-ring (bicyclic) bond motifs is 1. The van der Waals surface area contributed by atoms with Gasteiger partial charge in [0.1, 0.15) is 23.3 Å². The van der Waals surface area contributed by atoms with Gasteiger partial charge in [-0.1, -0.05) is 13.8 Å². The number of carbonyl (C=O) groups excluding carboxylic acids is 3. The van der Waals surface area contributed by atoms with Crippen molar-refractivity contribution < 1.29 is 23.5 Å². The van der Waals surface area contributed by atoms with Crippen molar-refractivity contribution >= 4 is 57.9 Å². The maximum atomic E-state index is 12.5. The van der Waals surface area contributed by atoms with Gasteiger partial charge in [0.05, 0.1) is 0 Å². The van der Waals surface area contributed by atoms with Gasteiger partial charge in [0.25, 0.3) is 0 Å². The van der Waals surface area contributed by atoms with Crippen molar-refractivity contribution in [1.82, 2.24) is 10.6 Å². The Morgan fingerprint density at radius 1 is 1.13 bits per heavy atom. The number of halogens is 1. The Morgan fingerprint density at radius 2 is 1.79 bits per heavy atom. The molecule has 6 N–H and O–H groups in total. The van der Waals surface area contributed by atoms with Crippen molar-refractivity contribution in [3.63, 3.8) is 0 Å². The highest BCUT2D eigenvalue weighted by Crippen LogP contribution is 2.20. The third-order valence-electron chi connectivity index (χ3n) is 4.98. The fraction of sp³-hybridized carbons (Fsp3) is 0.538. The molecule has 1 aromatic carbocycles. The Hall–Kier alpha value is -2.92. The molecule has 1 aromatic heterocycles. The molecule has 1 heterocycles. The molecule has 0 saturated heterocycles. The topological polar surface area (TPSA) is 167 Å². The summed E-state index contributed by atoms with van der Waals surface area (Å²) in [5, 5.41) is 6.03. The average molecular weight is 571 g/mol. The van der Waals surface area contributed by atoms with Gasteiger partial charge in [-0.3, -0.25) is 9.59 Å². The van der Waals surface area contributed by atoms with Crippen molar-refractivity contribution in [3.8, 4) is 0 Å². The normalized spacial score (nSPS) is 12.7. The van der Waals surface area contributed by atoms with E-state index in [0.29, 0.717) is 29.9 Å². The lowest BCUT2D eigenvalue weighted by atomic mass is 10.0. The molecule has 0 saturated carbocycles. The van der Waals surface area contributed by atoms with Crippen LogP contribution in [0.3, 0.4) is 0 Å². The maximum Gasteiger partial charge on any atom is 0.408 e. The Labute approximate surface area is 232 Å². The molecule has 2 rings (SSSR count). The van der Waals surface area contributed by atoms with E-state index in [2.05, 4.69) is 10.6 Å². The van der Waals surface area contributed by atoms with Gasteiger partial charge in [0.2, 0.25) is 11.8 Å². The predicted molar refractivity (Wildman–Crippen MR) is 153 cm³/mol. The second kappa shape index (κ2) is 15.5. The molecule has 0 aliphatic rings. The van der Waals surface area contributed by atoms with Crippen LogP contribution in [0.2, 0.25) is 0 Å². The number of ether oxygens (including phenoxy) is 1. The first-order valence-corrected chi connectivity index (χ1v) is 14.1. The van der Waals surface area contributed by atoms with Gasteiger partial charge in [-0.15, -0.1) is 11.6 Å². The molecule has 212 valence electrons. The number of amides is 3. The number of alkyl halides is 1. The van der Waals surface area contributed by atoms with Crippen LogP contribution in [-0.4, -0.2) is 47.6 Å². The lowest BCUT2D eigenvalue weighted by Crippen LogP contribution is -2.54. The SMILES string of the molecule is CSCCC(NC(=O)C(CC(C)C)NC(=O)OC(C)(C)C)C(N)=O.Nc1ccc2c(CCl)cc(=O)oc2c1. The molecule has 0 spiro atoms. The molecule has 2 unspecified atom stereocenters. The molecule has 0 aliphatic carbocycles. The van der Waals surface area contributed by atoms with Crippen LogP contribution < -0.4 is 27.7 Å². The van der Waals surface area contributed by atoms with E-state index in [-0.39, 0.29) is 11.8 Å². The van der Waals surface area contributed by atoms with Gasteiger partial charge < -0.3 is 31.3 Å². The molecule has 38 heavy (non-hydrogen) atoms. The third-order valence-corrected chi connectivity index (χ3v) is 5.92. The average Bonchev–Trinajstić information content (AvgIpc) is 2.78. The van der Waals surface area contributed by atoms with Gasteiger partial charge in [-0.25, -0.2) is 9.59 Å². The first-order valence-electron chi connectivity index (χ1n) is 12.1. The fourth-order valence-corrected chi connectivity index (χ4v) is 4.00. The van der Waals surface area contributed by atoms with Crippen LogP contribution in [0.5, 0.6) is 0 Å². The van der Waals surface area contributed by atoms with Crippen LogP contribution in [0.25, 0.3) is 11.0 Å². The van der Waals surface area contributed by atoms with Crippen LogP contribution in [-0.2, 0) is 20.2 Å². The van der Waals surface area contributed by atoms with E-state index in [4.69, 9.17) is 32.2 Å². The van der Waals surface area contributed by atoms with Gasteiger partial charge in [0, 0.05) is 29.1 Å². The van der Waals surface area contributed by atoms with Crippen molar-refractivity contribution in [3.05, 3.63) is 40.2 Å². The number of carbonyl (C=O) groups is 3. The first kappa shape index (κ1) is 33.1. The monoisotopic (exact) mass is 570 g/mol. The standard InChI is InChI=1S/C16H31N3O4S.C10H8ClNO2/c1-10(2)9-12(19-15(22)23-16(3,4)5)14(21)18-11(13(17)20)7-8-24-6;11-5-6-3-10(13)14-9-4-7(12)1-2-8(6)9/h10-12H,7-9H2,1-6H3,(H2,17,20)(H,18,21)(H,19,22);1-4H,5,12H2. The van der Waals surface area contributed by atoms with Gasteiger partial charge >= 0.3 is 11.7 Å². The van der Waals surface area contributed by atoms with E-state index in [9.17, 15) is 19.2 Å². The zero-order valence-electron chi connectivity index (χ0n) is 22.8. The number of alkyl carbamates (subject to hydrolysis) is 1. The summed E-state index contributed by atoms with van der Waals surface area (Å²) >= 11 is 7.27. The summed E-state index contributed by atoms with van der Waals surface area (Å²) in [6.45, 7) is 9.12. The van der Waals surface area contributed by atoms with Crippen molar-refractivity contribution in [1.29, 1.82) is 0 Å². The highest BCUT2D eigenvalue weighted by Gasteiger charge is 2.28. The molecule has 12 heteroatoms. The summed E-state index contributed by atoms with van der Waals surface area (Å²) in [6.07, 6.45) is 2.12. The molecule has 2 atom stereocenters. The number of nitrogen functional groups attached to an aromatic ring is 1. The van der Waals surface area contributed by atoms with Gasteiger partial charge in [-0.2, -0.15) is 11.8 Å². The molecule has 0 aliphatic heterocycles. The number of nitrogens with two attached hydrogens (primary N) is 2. The minimum atomic E-state index is -0.782. The van der Waals surface area contributed by atoms with Crippen molar-refractivity contribution in [2.75, 3.05) is 17.7 Å². The van der Waals surface area contributed by atoms with E-state index in [1.165, 1.54) is 6.07 Å². The zero-order valence-corrected chi connectivity index (χ0v) is 24.3. The minimum absolute atomic E-state index is 0.175. The summed E-state index contributed by atoms with van der Waals surface area (Å²) < 4.78 is 10.2. The Balaban J connectivity index is 0.000000431. The quantitative estimate of drug-likeness (QED) is 0.190. The number of rotatable bonds is 10. The van der Waals surface area contributed by atoms with Crippen molar-refractivity contribution in [2.45, 2.75) is 71.0 Å². The van der Waals surface area contributed by atoms with Crippen LogP contribution in [0.1, 0.15) is 53.0 Å². The third kappa shape index (κ3) is 12.1. The second-order valence-electron chi connectivity index (χ2n) is 10.1. The fourth-order valence-electron chi connectivity index (χ4n) is 3.30. The Kier molecular flexibility index (Phi) is 13.5. The van der Waals surface area contributed by atoms with Crippen LogP contribution in [0, 0.1) is 5.92 Å². The van der Waals surface area contributed by atoms with E-state index in [1.807, 2.05) is 20.1 Å². The molecule has 3 amide bonds. The lowest BCUT2D eigenvalue weighted by molar-refractivity contribution is -0.128. The highest BCUT2D eigenvalue weighted by molar-refractivity contribution is 7.98. The largest absolute Gasteiger partial charge is 0.444 e. The predicted octanol–water partition coefficient (Wildman–Crippen LogP) is 3.76. The number of hydrogen-bond donors (Lipinski definition) is 4. The summed E-state index contributed by atoms with van der Waals surface area (Å²) in [4.78, 5) is 47.0. The molecule has 0 fully saturated rings. The first-order chi connectivity index (χ1) is 17.7. The maximum absolute atomic E-state index is 12.5. The number of benzene rings is 1. The summed E-state index contributed by atoms with van der Waals surface area (Å²) in [6, 6.07) is 5.03. The smallest absolute Gasteiger partial charge is 0.408 e. The number of thioether (sulfide) groups is 1. The van der Waals surface area contributed by atoms with E-state index >= 15 is 0 Å². The van der Waals surface area contributed by atoms with Crippen LogP contribution >= 0.6 is 23.4 Å². The highest BCUT2D eigenvalue weighted by atomic mass is 35.5. The summed E-state index contributed by atoms with van der Waals surface area (Å²) in [7, 11) is 0. The van der Waals surface area contributed by atoms with Gasteiger partial charge in [0.15, 0.2) is 0 Å². The number of nitrogens with one attached hydrogen (secondary N) is 2. The van der Waals surface area contributed by atoms with E-state index in [0.717, 1.165) is 10.9 Å². The van der Waals surface area contributed by atoms with Crippen molar-refractivity contribution in [2.24, 2.45) is 11.7 Å². The molecule has 2 aromatic rings. The van der Waals surface area contributed by atoms with E-state index < -0.39 is 41.2 Å². The number of primary amides is 1. The summed E-state index contributed by atoms with van der Waals surface area (Å²) in [5.41, 5.74) is 11.7. The molecular weight excluding hydrogens is 532 g/mol.